The van der Waals surface area contributed by atoms with E-state index in [9.17, 15) is 13.2 Å². The highest BCUT2D eigenvalue weighted by Crippen LogP contribution is 2.23. The summed E-state index contributed by atoms with van der Waals surface area (Å²) in [5, 5.41) is 0. The molecule has 1 aliphatic rings. The molecule has 0 aliphatic carbocycles. The van der Waals surface area contributed by atoms with Crippen LogP contribution in [0.25, 0.3) is 0 Å². The minimum Gasteiger partial charge on any atom is -0.336 e. The molecule has 4 nitrogen and oxygen atoms in total. The van der Waals surface area contributed by atoms with Gasteiger partial charge in [-0.25, -0.2) is 8.42 Å². The molecular weight excluding hydrogens is 314 g/mol. The minimum atomic E-state index is -2.93. The van der Waals surface area contributed by atoms with E-state index in [1.807, 2.05) is 6.07 Å². The van der Waals surface area contributed by atoms with E-state index in [0.717, 1.165) is 3.79 Å². The van der Waals surface area contributed by atoms with Crippen molar-refractivity contribution in [1.29, 1.82) is 0 Å². The minimum absolute atomic E-state index is 0.0747. The van der Waals surface area contributed by atoms with Crippen LogP contribution < -0.4 is 0 Å². The van der Waals surface area contributed by atoms with Gasteiger partial charge in [0.2, 0.25) is 0 Å². The maximum Gasteiger partial charge on any atom is 0.264 e. The van der Waals surface area contributed by atoms with E-state index in [1.165, 1.54) is 11.3 Å². The number of hydrogen-bond donors (Lipinski definition) is 0. The molecule has 0 bridgehead atoms. The topological polar surface area (TPSA) is 54.5 Å². The standard InChI is InChI=1S/C9H10BrNO3S2/c10-8-2-1-7(15-8)9(12)11-3-5-16(13,14)6-4-11/h1-2H,3-6H2. The van der Waals surface area contributed by atoms with Gasteiger partial charge < -0.3 is 4.90 Å². The molecule has 1 fully saturated rings. The van der Waals surface area contributed by atoms with Gasteiger partial charge in [0.25, 0.3) is 5.91 Å². The Morgan fingerprint density at radius 2 is 1.94 bits per heavy atom. The van der Waals surface area contributed by atoms with E-state index in [2.05, 4.69) is 15.9 Å². The third kappa shape index (κ3) is 2.64. The first kappa shape index (κ1) is 12.1. The van der Waals surface area contributed by atoms with E-state index in [4.69, 9.17) is 0 Å². The van der Waals surface area contributed by atoms with Crippen LogP contribution in [0.15, 0.2) is 15.9 Å². The number of amides is 1. The fourth-order valence-electron chi connectivity index (χ4n) is 1.50. The van der Waals surface area contributed by atoms with Gasteiger partial charge in [-0.3, -0.25) is 4.79 Å². The predicted molar refractivity (Wildman–Crippen MR) is 66.6 cm³/mol. The van der Waals surface area contributed by atoms with Crippen LogP contribution in [-0.2, 0) is 9.84 Å². The van der Waals surface area contributed by atoms with Crippen molar-refractivity contribution in [2.45, 2.75) is 0 Å². The largest absolute Gasteiger partial charge is 0.336 e. The number of rotatable bonds is 1. The van der Waals surface area contributed by atoms with Gasteiger partial charge in [0.05, 0.1) is 20.2 Å². The fourth-order valence-corrected chi connectivity index (χ4v) is 4.06. The van der Waals surface area contributed by atoms with Crippen LogP contribution in [0.2, 0.25) is 0 Å². The molecule has 1 aromatic heterocycles. The van der Waals surface area contributed by atoms with Gasteiger partial charge in [-0.15, -0.1) is 11.3 Å². The van der Waals surface area contributed by atoms with Crippen molar-refractivity contribution in [2.24, 2.45) is 0 Å². The average Bonchev–Trinajstić information content (AvgIpc) is 2.64. The Labute approximate surface area is 106 Å². The van der Waals surface area contributed by atoms with Crippen LogP contribution in [0.4, 0.5) is 0 Å². The molecule has 1 saturated heterocycles. The molecule has 1 aliphatic heterocycles. The molecule has 88 valence electrons. The third-order valence-corrected chi connectivity index (χ3v) is 5.64. The van der Waals surface area contributed by atoms with Gasteiger partial charge in [0, 0.05) is 13.1 Å². The van der Waals surface area contributed by atoms with Gasteiger partial charge >= 0.3 is 0 Å². The SMILES string of the molecule is O=C(c1ccc(Br)s1)N1CCS(=O)(=O)CC1. The second-order valence-corrected chi connectivity index (χ2v) is 8.31. The van der Waals surface area contributed by atoms with E-state index in [1.54, 1.807) is 11.0 Å². The molecule has 16 heavy (non-hydrogen) atoms. The monoisotopic (exact) mass is 323 g/mol. The van der Waals surface area contributed by atoms with E-state index >= 15 is 0 Å². The highest BCUT2D eigenvalue weighted by Gasteiger charge is 2.26. The molecule has 1 amide bonds. The van der Waals surface area contributed by atoms with Crippen LogP contribution in [-0.4, -0.2) is 43.8 Å². The summed E-state index contributed by atoms with van der Waals surface area (Å²) in [5.41, 5.74) is 0. The van der Waals surface area contributed by atoms with Crippen LogP contribution >= 0.6 is 27.3 Å². The highest BCUT2D eigenvalue weighted by molar-refractivity contribution is 9.11. The van der Waals surface area contributed by atoms with Crippen LogP contribution in [0.1, 0.15) is 9.67 Å². The van der Waals surface area contributed by atoms with Crippen molar-refractivity contribution < 1.29 is 13.2 Å². The normalized spacial score (nSPS) is 19.7. The summed E-state index contributed by atoms with van der Waals surface area (Å²) in [7, 11) is -2.93. The number of thiophene rings is 1. The lowest BCUT2D eigenvalue weighted by Crippen LogP contribution is -2.43. The van der Waals surface area contributed by atoms with E-state index < -0.39 is 9.84 Å². The van der Waals surface area contributed by atoms with Crippen molar-refractivity contribution in [3.63, 3.8) is 0 Å². The molecule has 2 heterocycles. The maximum absolute atomic E-state index is 11.9. The molecule has 2 rings (SSSR count). The van der Waals surface area contributed by atoms with Crippen molar-refractivity contribution in [2.75, 3.05) is 24.6 Å². The Balaban J connectivity index is 2.07. The van der Waals surface area contributed by atoms with E-state index in [-0.39, 0.29) is 17.4 Å². The first-order chi connectivity index (χ1) is 7.48. The van der Waals surface area contributed by atoms with Gasteiger partial charge in [-0.2, -0.15) is 0 Å². The average molecular weight is 324 g/mol. The summed E-state index contributed by atoms with van der Waals surface area (Å²) in [5.74, 6) is 0.0712. The highest BCUT2D eigenvalue weighted by atomic mass is 79.9. The van der Waals surface area contributed by atoms with Gasteiger partial charge in [0.1, 0.15) is 0 Å². The fraction of sp³-hybridized carbons (Fsp3) is 0.444. The second kappa shape index (κ2) is 4.46. The summed E-state index contributed by atoms with van der Waals surface area (Å²) in [6.45, 7) is 0.605. The smallest absolute Gasteiger partial charge is 0.264 e. The Bertz CT molecular complexity index is 495. The Kier molecular flexibility index (Phi) is 3.37. The number of sulfone groups is 1. The zero-order valence-electron chi connectivity index (χ0n) is 8.35. The van der Waals surface area contributed by atoms with Gasteiger partial charge in [-0.1, -0.05) is 0 Å². The van der Waals surface area contributed by atoms with Crippen molar-refractivity contribution in [3.8, 4) is 0 Å². The van der Waals surface area contributed by atoms with E-state index in [0.29, 0.717) is 18.0 Å². The quantitative estimate of drug-likeness (QED) is 0.784. The summed E-state index contributed by atoms with van der Waals surface area (Å²) in [6.07, 6.45) is 0. The van der Waals surface area contributed by atoms with Crippen molar-refractivity contribution >= 4 is 43.0 Å². The summed E-state index contributed by atoms with van der Waals surface area (Å²) in [6, 6.07) is 3.57. The zero-order valence-corrected chi connectivity index (χ0v) is 11.6. The molecule has 0 radical (unpaired) electrons. The Morgan fingerprint density at radius 3 is 2.44 bits per heavy atom. The number of carbonyl (C=O) groups excluding carboxylic acids is 1. The van der Waals surface area contributed by atoms with Crippen LogP contribution in [0.5, 0.6) is 0 Å². The molecule has 0 aromatic carbocycles. The van der Waals surface area contributed by atoms with Crippen LogP contribution in [0.3, 0.4) is 0 Å². The number of nitrogens with zero attached hydrogens (tertiary/aromatic N) is 1. The number of carbonyl (C=O) groups is 1. The number of halogens is 1. The molecule has 0 atom stereocenters. The molecular formula is C9H10BrNO3S2. The molecule has 0 spiro atoms. The number of hydrogen-bond acceptors (Lipinski definition) is 4. The zero-order chi connectivity index (χ0) is 11.8. The lowest BCUT2D eigenvalue weighted by Gasteiger charge is -2.26. The first-order valence-electron chi connectivity index (χ1n) is 4.73. The Morgan fingerprint density at radius 1 is 1.31 bits per heavy atom. The summed E-state index contributed by atoms with van der Waals surface area (Å²) < 4.78 is 23.3. The van der Waals surface area contributed by atoms with Crippen LogP contribution in [0, 0.1) is 0 Å². The van der Waals surface area contributed by atoms with Crippen molar-refractivity contribution in [3.05, 3.63) is 20.8 Å². The molecule has 0 N–H and O–H groups in total. The molecule has 0 unspecified atom stereocenters. The van der Waals surface area contributed by atoms with Crippen molar-refractivity contribution in [1.82, 2.24) is 4.90 Å². The third-order valence-electron chi connectivity index (χ3n) is 2.42. The summed E-state index contributed by atoms with van der Waals surface area (Å²) in [4.78, 5) is 14.2. The predicted octanol–water partition coefficient (Wildman–Crippen LogP) is 1.38. The second-order valence-electron chi connectivity index (χ2n) is 3.55. The summed E-state index contributed by atoms with van der Waals surface area (Å²) >= 11 is 4.66. The Hall–Kier alpha value is -0.400. The molecule has 1 aromatic rings. The molecule has 7 heteroatoms. The lowest BCUT2D eigenvalue weighted by molar-refractivity contribution is 0.0775. The lowest BCUT2D eigenvalue weighted by atomic mass is 10.4. The molecule has 0 saturated carbocycles. The first-order valence-corrected chi connectivity index (χ1v) is 8.16. The van der Waals surface area contributed by atoms with Gasteiger partial charge in [0.15, 0.2) is 9.84 Å². The van der Waals surface area contributed by atoms with Gasteiger partial charge in [-0.05, 0) is 28.1 Å². The maximum atomic E-state index is 11.9.